The van der Waals surface area contributed by atoms with E-state index >= 15 is 0 Å². The molecule has 0 aromatic carbocycles. The Hall–Kier alpha value is -0.990. The van der Waals surface area contributed by atoms with Crippen LogP contribution < -0.4 is 5.32 Å². The first kappa shape index (κ1) is 10.5. The summed E-state index contributed by atoms with van der Waals surface area (Å²) in [6, 6.07) is 0.647. The highest BCUT2D eigenvalue weighted by molar-refractivity contribution is 5.39. The Labute approximate surface area is 91.9 Å². The van der Waals surface area contributed by atoms with E-state index < -0.39 is 0 Å². The van der Waals surface area contributed by atoms with Gasteiger partial charge in [-0.05, 0) is 25.7 Å². The number of rotatable bonds is 3. The number of nitrogens with one attached hydrogen (secondary N) is 1. The Morgan fingerprint density at radius 1 is 1.47 bits per heavy atom. The summed E-state index contributed by atoms with van der Waals surface area (Å²) in [4.78, 5) is 0. The first-order valence-corrected chi connectivity index (χ1v) is 6.08. The van der Waals surface area contributed by atoms with Crippen molar-refractivity contribution in [1.82, 2.24) is 9.78 Å². The van der Waals surface area contributed by atoms with Crippen LogP contribution in [0.4, 0.5) is 5.69 Å². The molecule has 0 bridgehead atoms. The zero-order valence-corrected chi connectivity index (χ0v) is 9.74. The first-order valence-electron chi connectivity index (χ1n) is 6.08. The Bertz CT molecular complexity index is 306. The molecular weight excluding hydrogens is 186 g/mol. The SMILES string of the molecule is CCn1cc(NC2CCCCC2C)cn1. The maximum Gasteiger partial charge on any atom is 0.0728 e. The van der Waals surface area contributed by atoms with Crippen molar-refractivity contribution in [3.8, 4) is 0 Å². The fourth-order valence-electron chi connectivity index (χ4n) is 2.36. The minimum atomic E-state index is 0.647. The lowest BCUT2D eigenvalue weighted by molar-refractivity contribution is 0.349. The van der Waals surface area contributed by atoms with Crippen LogP contribution >= 0.6 is 0 Å². The summed E-state index contributed by atoms with van der Waals surface area (Å²) >= 11 is 0. The van der Waals surface area contributed by atoms with Gasteiger partial charge in [0.05, 0.1) is 11.9 Å². The highest BCUT2D eigenvalue weighted by Crippen LogP contribution is 2.26. The lowest BCUT2D eigenvalue weighted by atomic mass is 9.86. The third-order valence-electron chi connectivity index (χ3n) is 3.42. The van der Waals surface area contributed by atoms with Gasteiger partial charge in [0.25, 0.3) is 0 Å². The predicted octanol–water partition coefficient (Wildman–Crippen LogP) is 2.89. The Morgan fingerprint density at radius 2 is 2.27 bits per heavy atom. The molecule has 2 rings (SSSR count). The van der Waals surface area contributed by atoms with E-state index in [1.807, 2.05) is 10.9 Å². The van der Waals surface area contributed by atoms with Crippen LogP contribution in [0.2, 0.25) is 0 Å². The van der Waals surface area contributed by atoms with Crippen LogP contribution in [0, 0.1) is 5.92 Å². The summed E-state index contributed by atoms with van der Waals surface area (Å²) in [5.41, 5.74) is 1.18. The van der Waals surface area contributed by atoms with Crippen molar-refractivity contribution in [2.24, 2.45) is 5.92 Å². The minimum Gasteiger partial charge on any atom is -0.380 e. The van der Waals surface area contributed by atoms with Gasteiger partial charge in [-0.3, -0.25) is 4.68 Å². The standard InChI is InChI=1S/C12H21N3/c1-3-15-9-11(8-13-15)14-12-7-5-4-6-10(12)2/h8-10,12,14H,3-7H2,1-2H3. The molecule has 0 radical (unpaired) electrons. The molecule has 1 aromatic heterocycles. The monoisotopic (exact) mass is 207 g/mol. The number of hydrogen-bond donors (Lipinski definition) is 1. The quantitative estimate of drug-likeness (QED) is 0.826. The van der Waals surface area contributed by atoms with Crippen LogP contribution in [0.25, 0.3) is 0 Å². The van der Waals surface area contributed by atoms with Crippen molar-refractivity contribution in [3.05, 3.63) is 12.4 Å². The Kier molecular flexibility index (Phi) is 3.29. The van der Waals surface area contributed by atoms with E-state index in [1.165, 1.54) is 31.4 Å². The van der Waals surface area contributed by atoms with Gasteiger partial charge in [-0.2, -0.15) is 5.10 Å². The van der Waals surface area contributed by atoms with Gasteiger partial charge < -0.3 is 5.32 Å². The van der Waals surface area contributed by atoms with Gasteiger partial charge in [0.1, 0.15) is 0 Å². The third-order valence-corrected chi connectivity index (χ3v) is 3.42. The summed E-state index contributed by atoms with van der Waals surface area (Å²) < 4.78 is 1.97. The average Bonchev–Trinajstić information content (AvgIpc) is 2.69. The zero-order chi connectivity index (χ0) is 10.7. The van der Waals surface area contributed by atoms with Crippen LogP contribution in [0.15, 0.2) is 12.4 Å². The van der Waals surface area contributed by atoms with Crippen molar-refractivity contribution in [2.75, 3.05) is 5.32 Å². The topological polar surface area (TPSA) is 29.9 Å². The summed E-state index contributed by atoms with van der Waals surface area (Å²) in [7, 11) is 0. The van der Waals surface area contributed by atoms with E-state index in [-0.39, 0.29) is 0 Å². The smallest absolute Gasteiger partial charge is 0.0728 e. The second-order valence-corrected chi connectivity index (χ2v) is 4.60. The molecule has 3 heteroatoms. The number of anilines is 1. The van der Waals surface area contributed by atoms with E-state index in [0.29, 0.717) is 6.04 Å². The number of aryl methyl sites for hydroxylation is 1. The molecule has 0 saturated heterocycles. The number of aromatic nitrogens is 2. The van der Waals surface area contributed by atoms with Crippen molar-refractivity contribution < 1.29 is 0 Å². The van der Waals surface area contributed by atoms with Crippen LogP contribution in [0.1, 0.15) is 39.5 Å². The van der Waals surface area contributed by atoms with E-state index in [4.69, 9.17) is 0 Å². The van der Waals surface area contributed by atoms with Gasteiger partial charge in [-0.15, -0.1) is 0 Å². The van der Waals surface area contributed by atoms with Crippen molar-refractivity contribution >= 4 is 5.69 Å². The van der Waals surface area contributed by atoms with Gasteiger partial charge in [0, 0.05) is 18.8 Å². The molecule has 0 spiro atoms. The van der Waals surface area contributed by atoms with Crippen LogP contribution in [0.5, 0.6) is 0 Å². The molecule has 1 heterocycles. The molecule has 1 fully saturated rings. The second kappa shape index (κ2) is 4.69. The minimum absolute atomic E-state index is 0.647. The van der Waals surface area contributed by atoms with Gasteiger partial charge in [0.2, 0.25) is 0 Å². The van der Waals surface area contributed by atoms with Gasteiger partial charge in [-0.1, -0.05) is 19.8 Å². The number of nitrogens with zero attached hydrogens (tertiary/aromatic N) is 2. The third kappa shape index (κ3) is 2.52. The van der Waals surface area contributed by atoms with E-state index in [2.05, 4.69) is 30.5 Å². The van der Waals surface area contributed by atoms with Gasteiger partial charge in [-0.25, -0.2) is 0 Å². The van der Waals surface area contributed by atoms with Crippen molar-refractivity contribution in [2.45, 2.75) is 52.1 Å². The molecule has 15 heavy (non-hydrogen) atoms. The lowest BCUT2D eigenvalue weighted by Crippen LogP contribution is -2.30. The molecule has 1 aliphatic rings. The highest BCUT2D eigenvalue weighted by atomic mass is 15.3. The van der Waals surface area contributed by atoms with Crippen molar-refractivity contribution in [3.63, 3.8) is 0 Å². The molecule has 2 unspecified atom stereocenters. The fraction of sp³-hybridized carbons (Fsp3) is 0.750. The summed E-state index contributed by atoms with van der Waals surface area (Å²) in [6.45, 7) is 5.41. The Balaban J connectivity index is 1.95. The molecule has 1 saturated carbocycles. The Morgan fingerprint density at radius 3 is 2.93 bits per heavy atom. The van der Waals surface area contributed by atoms with E-state index in [9.17, 15) is 0 Å². The first-order chi connectivity index (χ1) is 7.29. The average molecular weight is 207 g/mol. The van der Waals surface area contributed by atoms with Gasteiger partial charge >= 0.3 is 0 Å². The molecule has 0 amide bonds. The van der Waals surface area contributed by atoms with Crippen LogP contribution in [-0.2, 0) is 6.54 Å². The normalized spacial score (nSPS) is 26.5. The molecule has 2 atom stereocenters. The zero-order valence-electron chi connectivity index (χ0n) is 9.74. The molecule has 1 aromatic rings. The molecule has 1 aliphatic carbocycles. The molecule has 0 aliphatic heterocycles. The molecule has 1 N–H and O–H groups in total. The highest BCUT2D eigenvalue weighted by Gasteiger charge is 2.21. The van der Waals surface area contributed by atoms with E-state index in [0.717, 1.165) is 12.5 Å². The van der Waals surface area contributed by atoms with Crippen LogP contribution in [0.3, 0.4) is 0 Å². The summed E-state index contributed by atoms with van der Waals surface area (Å²) in [6.07, 6.45) is 9.46. The largest absolute Gasteiger partial charge is 0.380 e. The molecule has 84 valence electrons. The maximum absolute atomic E-state index is 4.28. The lowest BCUT2D eigenvalue weighted by Gasteiger charge is -2.29. The fourth-order valence-corrected chi connectivity index (χ4v) is 2.36. The molecule has 3 nitrogen and oxygen atoms in total. The summed E-state index contributed by atoms with van der Waals surface area (Å²) in [5, 5.41) is 7.88. The van der Waals surface area contributed by atoms with Crippen molar-refractivity contribution in [1.29, 1.82) is 0 Å². The summed E-state index contributed by atoms with van der Waals surface area (Å²) in [5.74, 6) is 0.795. The molecular formula is C12H21N3. The van der Waals surface area contributed by atoms with Crippen LogP contribution in [-0.4, -0.2) is 15.8 Å². The van der Waals surface area contributed by atoms with Gasteiger partial charge in [0.15, 0.2) is 0 Å². The van der Waals surface area contributed by atoms with E-state index in [1.54, 1.807) is 0 Å². The second-order valence-electron chi connectivity index (χ2n) is 4.60. The predicted molar refractivity (Wildman–Crippen MR) is 62.9 cm³/mol. The number of hydrogen-bond acceptors (Lipinski definition) is 2. The maximum atomic E-state index is 4.28.